The highest BCUT2D eigenvalue weighted by molar-refractivity contribution is 5.84. The summed E-state index contributed by atoms with van der Waals surface area (Å²) in [4.78, 5) is 12.1. The molecule has 3 rings (SSSR count). The molecule has 0 aliphatic carbocycles. The van der Waals surface area contributed by atoms with Crippen molar-refractivity contribution in [1.29, 1.82) is 0 Å². The first-order valence-electron chi connectivity index (χ1n) is 7.92. The number of carbonyl (C=O) groups is 1. The Bertz CT molecular complexity index is 915. The molecule has 0 radical (unpaired) electrons. The van der Waals surface area contributed by atoms with Crippen molar-refractivity contribution in [3.8, 4) is 5.75 Å². The summed E-state index contributed by atoms with van der Waals surface area (Å²) in [7, 11) is 1.59. The summed E-state index contributed by atoms with van der Waals surface area (Å²) in [5.74, 6) is 0.514. The van der Waals surface area contributed by atoms with Crippen LogP contribution in [0.15, 0.2) is 54.7 Å². The predicted molar refractivity (Wildman–Crippen MR) is 91.8 cm³/mol. The van der Waals surface area contributed by atoms with Gasteiger partial charge in [-0.3, -0.25) is 4.79 Å². The molecule has 0 bridgehead atoms. The first-order chi connectivity index (χ1) is 12.4. The van der Waals surface area contributed by atoms with Crippen LogP contribution in [0, 0.1) is 0 Å². The van der Waals surface area contributed by atoms with Crippen molar-refractivity contribution in [2.24, 2.45) is 0 Å². The summed E-state index contributed by atoms with van der Waals surface area (Å²) >= 11 is 0. The van der Waals surface area contributed by atoms with Gasteiger partial charge in [0.05, 0.1) is 12.7 Å². The number of benzene rings is 2. The minimum atomic E-state index is -4.36. The Morgan fingerprint density at radius 1 is 1.12 bits per heavy atom. The number of aromatic nitrogens is 1. The highest BCUT2D eigenvalue weighted by Gasteiger charge is 2.29. The van der Waals surface area contributed by atoms with Gasteiger partial charge in [0.1, 0.15) is 12.3 Å². The number of amides is 1. The molecular formula is C19H17F3N2O2. The van der Waals surface area contributed by atoms with Gasteiger partial charge in [-0.1, -0.05) is 12.1 Å². The number of ether oxygens (including phenoxy) is 1. The second-order valence-corrected chi connectivity index (χ2v) is 5.84. The number of methoxy groups -OCH3 is 1. The maximum absolute atomic E-state index is 12.5. The first-order valence-corrected chi connectivity index (χ1v) is 7.92. The van der Waals surface area contributed by atoms with Crippen LogP contribution in [0.2, 0.25) is 0 Å². The van der Waals surface area contributed by atoms with Crippen LogP contribution in [0.1, 0.15) is 11.1 Å². The number of halogens is 3. The third kappa shape index (κ3) is 3.99. The molecule has 0 saturated heterocycles. The van der Waals surface area contributed by atoms with Crippen molar-refractivity contribution in [2.45, 2.75) is 19.3 Å². The number of nitrogens with zero attached hydrogens (tertiary/aromatic N) is 1. The molecule has 2 aromatic carbocycles. The van der Waals surface area contributed by atoms with Crippen LogP contribution in [0.3, 0.4) is 0 Å². The van der Waals surface area contributed by atoms with E-state index in [2.05, 4.69) is 5.32 Å². The van der Waals surface area contributed by atoms with Crippen molar-refractivity contribution in [1.82, 2.24) is 9.88 Å². The molecule has 0 unspecified atom stereocenters. The molecule has 7 heteroatoms. The third-order valence-corrected chi connectivity index (χ3v) is 4.06. The SMILES string of the molecule is COc1ccc2c(ccn2CC(=O)NCc2ccc(C(F)(F)F)cc2)c1. The Labute approximate surface area is 148 Å². The molecule has 4 nitrogen and oxygen atoms in total. The second-order valence-electron chi connectivity index (χ2n) is 5.84. The van der Waals surface area contributed by atoms with E-state index in [-0.39, 0.29) is 19.0 Å². The lowest BCUT2D eigenvalue weighted by atomic mass is 10.1. The maximum atomic E-state index is 12.5. The highest BCUT2D eigenvalue weighted by Crippen LogP contribution is 2.29. The molecule has 3 aromatic rings. The zero-order valence-corrected chi connectivity index (χ0v) is 14.0. The quantitative estimate of drug-likeness (QED) is 0.746. The van der Waals surface area contributed by atoms with Gasteiger partial charge in [0.2, 0.25) is 5.91 Å². The molecule has 136 valence electrons. The zero-order chi connectivity index (χ0) is 18.7. The average Bonchev–Trinajstić information content (AvgIpc) is 3.01. The van der Waals surface area contributed by atoms with Gasteiger partial charge in [-0.25, -0.2) is 0 Å². The lowest BCUT2D eigenvalue weighted by Crippen LogP contribution is -2.26. The van der Waals surface area contributed by atoms with Gasteiger partial charge in [0.15, 0.2) is 0 Å². The monoisotopic (exact) mass is 362 g/mol. The van der Waals surface area contributed by atoms with Crippen molar-refractivity contribution >= 4 is 16.8 Å². The lowest BCUT2D eigenvalue weighted by molar-refractivity contribution is -0.137. The Morgan fingerprint density at radius 2 is 1.85 bits per heavy atom. The van der Waals surface area contributed by atoms with Gasteiger partial charge < -0.3 is 14.6 Å². The maximum Gasteiger partial charge on any atom is 0.416 e. The van der Waals surface area contributed by atoms with Crippen LogP contribution in [0.5, 0.6) is 5.75 Å². The van der Waals surface area contributed by atoms with Crippen LogP contribution in [-0.4, -0.2) is 17.6 Å². The van der Waals surface area contributed by atoms with Crippen molar-refractivity contribution < 1.29 is 22.7 Å². The lowest BCUT2D eigenvalue weighted by Gasteiger charge is -2.10. The Morgan fingerprint density at radius 3 is 2.50 bits per heavy atom. The summed E-state index contributed by atoms with van der Waals surface area (Å²) in [6.07, 6.45) is -2.55. The average molecular weight is 362 g/mol. The third-order valence-electron chi connectivity index (χ3n) is 4.06. The van der Waals surface area contributed by atoms with E-state index >= 15 is 0 Å². The fourth-order valence-electron chi connectivity index (χ4n) is 2.67. The first kappa shape index (κ1) is 17.8. The standard InChI is InChI=1S/C19H17F3N2O2/c1-26-16-6-7-17-14(10-16)8-9-24(17)12-18(25)23-11-13-2-4-15(5-3-13)19(20,21)22/h2-10H,11-12H2,1H3,(H,23,25). The predicted octanol–water partition coefficient (Wildman–Crippen LogP) is 3.99. The minimum Gasteiger partial charge on any atom is -0.497 e. The fourth-order valence-corrected chi connectivity index (χ4v) is 2.67. The number of hydrogen-bond donors (Lipinski definition) is 1. The summed E-state index contributed by atoms with van der Waals surface area (Å²) in [5, 5.41) is 3.68. The molecule has 26 heavy (non-hydrogen) atoms. The highest BCUT2D eigenvalue weighted by atomic mass is 19.4. The van der Waals surface area contributed by atoms with Crippen molar-refractivity contribution in [3.05, 3.63) is 65.9 Å². The summed E-state index contributed by atoms with van der Waals surface area (Å²) in [6.45, 7) is 0.292. The number of rotatable bonds is 5. The van der Waals surface area contributed by atoms with Crippen molar-refractivity contribution in [3.63, 3.8) is 0 Å². The van der Waals surface area contributed by atoms with E-state index in [1.165, 1.54) is 12.1 Å². The number of nitrogens with one attached hydrogen (secondary N) is 1. The molecule has 0 fully saturated rings. The van der Waals surface area contributed by atoms with Gasteiger partial charge in [-0.2, -0.15) is 13.2 Å². The van der Waals surface area contributed by atoms with Crippen LogP contribution in [0.4, 0.5) is 13.2 Å². The van der Waals surface area contributed by atoms with E-state index in [1.807, 2.05) is 30.5 Å². The molecule has 0 atom stereocenters. The number of carbonyl (C=O) groups excluding carboxylic acids is 1. The summed E-state index contributed by atoms with van der Waals surface area (Å²) < 4.78 is 44.6. The van der Waals surface area contributed by atoms with E-state index < -0.39 is 11.7 Å². The second kappa shape index (κ2) is 7.11. The molecule has 0 spiro atoms. The molecule has 0 aliphatic rings. The van der Waals surface area contributed by atoms with Gasteiger partial charge in [0, 0.05) is 23.6 Å². The fraction of sp³-hybridized carbons (Fsp3) is 0.211. The molecule has 0 saturated carbocycles. The zero-order valence-electron chi connectivity index (χ0n) is 14.0. The Hall–Kier alpha value is -2.96. The Kier molecular flexibility index (Phi) is 4.88. The van der Waals surface area contributed by atoms with Crippen LogP contribution >= 0.6 is 0 Å². The van der Waals surface area contributed by atoms with Gasteiger partial charge >= 0.3 is 6.18 Å². The number of fused-ring (bicyclic) bond motifs is 1. The van der Waals surface area contributed by atoms with Crippen LogP contribution in [-0.2, 0) is 24.1 Å². The molecule has 1 N–H and O–H groups in total. The van der Waals surface area contributed by atoms with E-state index in [9.17, 15) is 18.0 Å². The molecular weight excluding hydrogens is 345 g/mol. The summed E-state index contributed by atoms with van der Waals surface area (Å²) in [6, 6.07) is 12.2. The number of alkyl halides is 3. The van der Waals surface area contributed by atoms with Gasteiger partial charge in [-0.15, -0.1) is 0 Å². The largest absolute Gasteiger partial charge is 0.497 e. The number of hydrogen-bond acceptors (Lipinski definition) is 2. The van der Waals surface area contributed by atoms with Crippen LogP contribution < -0.4 is 10.1 Å². The smallest absolute Gasteiger partial charge is 0.416 e. The summed E-state index contributed by atoms with van der Waals surface area (Å²) in [5.41, 5.74) is 0.797. The van der Waals surface area contributed by atoms with E-state index in [0.717, 1.165) is 28.8 Å². The molecule has 1 amide bonds. The normalized spacial score (nSPS) is 11.5. The minimum absolute atomic E-state index is 0.121. The van der Waals surface area contributed by atoms with E-state index in [0.29, 0.717) is 5.56 Å². The van der Waals surface area contributed by atoms with E-state index in [1.54, 1.807) is 11.7 Å². The molecule has 0 aliphatic heterocycles. The Balaban J connectivity index is 1.61. The molecule has 1 heterocycles. The molecule has 1 aromatic heterocycles. The van der Waals surface area contributed by atoms with Crippen LogP contribution in [0.25, 0.3) is 10.9 Å². The van der Waals surface area contributed by atoms with Crippen molar-refractivity contribution in [2.75, 3.05) is 7.11 Å². The van der Waals surface area contributed by atoms with E-state index in [4.69, 9.17) is 4.74 Å². The van der Waals surface area contributed by atoms with Gasteiger partial charge in [-0.05, 0) is 42.0 Å². The topological polar surface area (TPSA) is 43.3 Å². The van der Waals surface area contributed by atoms with Gasteiger partial charge in [0.25, 0.3) is 0 Å².